The van der Waals surface area contributed by atoms with E-state index in [1.807, 2.05) is 37.3 Å². The van der Waals surface area contributed by atoms with Crippen molar-refractivity contribution in [2.24, 2.45) is 0 Å². The highest BCUT2D eigenvalue weighted by Gasteiger charge is 2.14. The van der Waals surface area contributed by atoms with Gasteiger partial charge >= 0.3 is 0 Å². The summed E-state index contributed by atoms with van der Waals surface area (Å²) in [5.41, 5.74) is 1.90. The molecule has 100 valence electrons. The van der Waals surface area contributed by atoms with Crippen molar-refractivity contribution in [2.45, 2.75) is 24.6 Å². The molecule has 0 saturated heterocycles. The molecule has 0 aliphatic heterocycles. The molecule has 0 aliphatic rings. The molecule has 0 aliphatic carbocycles. The maximum absolute atomic E-state index is 11.6. The number of nitrogens with zero attached hydrogens (tertiary/aromatic N) is 1. The number of aromatic nitrogens is 1. The Hall–Kier alpha value is -1.33. The Morgan fingerprint density at radius 1 is 1.32 bits per heavy atom. The van der Waals surface area contributed by atoms with Crippen LogP contribution >= 0.6 is 23.1 Å². The fraction of sp³-hybridized carbons (Fsp3) is 0.286. The maximum atomic E-state index is 11.6. The Morgan fingerprint density at radius 3 is 2.68 bits per heavy atom. The standard InChI is InChI=1S/C14H16N2OS2/c1-3-11(17)15-13-12(10-8-6-5-7-9-10)16-14(19-13)18-4-2/h5-9H,3-4H2,1-2H3,(H,15,17). The van der Waals surface area contributed by atoms with Crippen LogP contribution in [-0.4, -0.2) is 16.6 Å². The zero-order valence-corrected chi connectivity index (χ0v) is 12.6. The third-order valence-electron chi connectivity index (χ3n) is 2.50. The molecule has 1 heterocycles. The van der Waals surface area contributed by atoms with E-state index in [1.54, 1.807) is 23.1 Å². The van der Waals surface area contributed by atoms with Gasteiger partial charge in [-0.1, -0.05) is 67.3 Å². The molecular weight excluding hydrogens is 276 g/mol. The minimum absolute atomic E-state index is 0.0221. The third kappa shape index (κ3) is 3.58. The number of anilines is 1. The minimum atomic E-state index is 0.0221. The number of rotatable bonds is 5. The predicted octanol–water partition coefficient (Wildman–Crippen LogP) is 4.27. The molecule has 19 heavy (non-hydrogen) atoms. The fourth-order valence-corrected chi connectivity index (χ4v) is 3.56. The van der Waals surface area contributed by atoms with E-state index in [2.05, 4.69) is 17.2 Å². The van der Waals surface area contributed by atoms with Gasteiger partial charge in [0, 0.05) is 12.0 Å². The summed E-state index contributed by atoms with van der Waals surface area (Å²) in [7, 11) is 0. The van der Waals surface area contributed by atoms with Crippen LogP contribution in [0.2, 0.25) is 0 Å². The smallest absolute Gasteiger partial charge is 0.224 e. The van der Waals surface area contributed by atoms with Gasteiger partial charge in [-0.25, -0.2) is 4.98 Å². The second-order valence-corrected chi connectivity index (χ2v) is 6.37. The summed E-state index contributed by atoms with van der Waals surface area (Å²) < 4.78 is 0.993. The first-order valence-electron chi connectivity index (χ1n) is 6.23. The monoisotopic (exact) mass is 292 g/mol. The molecule has 0 unspecified atom stereocenters. The zero-order chi connectivity index (χ0) is 13.7. The van der Waals surface area contributed by atoms with Gasteiger partial charge in [0.2, 0.25) is 5.91 Å². The van der Waals surface area contributed by atoms with E-state index in [4.69, 9.17) is 0 Å². The van der Waals surface area contributed by atoms with Crippen LogP contribution in [0.25, 0.3) is 11.3 Å². The number of benzene rings is 1. The van der Waals surface area contributed by atoms with Crippen molar-refractivity contribution in [3.8, 4) is 11.3 Å². The Balaban J connectivity index is 2.37. The van der Waals surface area contributed by atoms with Crippen molar-refractivity contribution in [1.29, 1.82) is 0 Å². The van der Waals surface area contributed by atoms with Gasteiger partial charge in [0.25, 0.3) is 0 Å². The van der Waals surface area contributed by atoms with Crippen LogP contribution in [0.5, 0.6) is 0 Å². The summed E-state index contributed by atoms with van der Waals surface area (Å²) in [5.74, 6) is 0.997. The van der Waals surface area contributed by atoms with Gasteiger partial charge < -0.3 is 5.32 Å². The van der Waals surface area contributed by atoms with Crippen molar-refractivity contribution in [3.05, 3.63) is 30.3 Å². The SMILES string of the molecule is CCSc1nc(-c2ccccc2)c(NC(=O)CC)s1. The van der Waals surface area contributed by atoms with Crippen molar-refractivity contribution in [1.82, 2.24) is 4.98 Å². The molecule has 1 N–H and O–H groups in total. The largest absolute Gasteiger partial charge is 0.316 e. The van der Waals surface area contributed by atoms with Gasteiger partial charge in [-0.05, 0) is 5.75 Å². The number of hydrogen-bond donors (Lipinski definition) is 1. The van der Waals surface area contributed by atoms with Crippen LogP contribution in [0.1, 0.15) is 20.3 Å². The molecular formula is C14H16N2OS2. The lowest BCUT2D eigenvalue weighted by atomic mass is 10.2. The Bertz CT molecular complexity index is 552. The summed E-state index contributed by atoms with van der Waals surface area (Å²) in [6.45, 7) is 3.94. The first-order chi connectivity index (χ1) is 9.24. The van der Waals surface area contributed by atoms with Crippen molar-refractivity contribution < 1.29 is 4.79 Å². The van der Waals surface area contributed by atoms with E-state index in [9.17, 15) is 4.79 Å². The molecule has 1 aromatic heterocycles. The highest BCUT2D eigenvalue weighted by molar-refractivity contribution is 8.01. The lowest BCUT2D eigenvalue weighted by molar-refractivity contribution is -0.115. The first kappa shape index (κ1) is 14.1. The van der Waals surface area contributed by atoms with Gasteiger partial charge in [0.1, 0.15) is 10.7 Å². The Labute approximate surface area is 121 Å². The van der Waals surface area contributed by atoms with Crippen molar-refractivity contribution in [2.75, 3.05) is 11.1 Å². The van der Waals surface area contributed by atoms with Crippen LogP contribution in [0.3, 0.4) is 0 Å². The lowest BCUT2D eigenvalue weighted by Crippen LogP contribution is -2.08. The number of nitrogens with one attached hydrogen (secondary N) is 1. The van der Waals surface area contributed by atoms with Gasteiger partial charge in [-0.3, -0.25) is 4.79 Å². The minimum Gasteiger partial charge on any atom is -0.316 e. The number of thiazole rings is 1. The molecule has 2 rings (SSSR count). The van der Waals surface area contributed by atoms with Gasteiger partial charge in [-0.2, -0.15) is 0 Å². The quantitative estimate of drug-likeness (QED) is 0.837. The predicted molar refractivity (Wildman–Crippen MR) is 82.9 cm³/mol. The molecule has 3 nitrogen and oxygen atoms in total. The molecule has 2 aromatic rings. The fourth-order valence-electron chi connectivity index (χ4n) is 1.58. The summed E-state index contributed by atoms with van der Waals surface area (Å²) >= 11 is 3.24. The van der Waals surface area contributed by atoms with Crippen LogP contribution in [0, 0.1) is 0 Å². The highest BCUT2D eigenvalue weighted by Crippen LogP contribution is 2.37. The second-order valence-electron chi connectivity index (χ2n) is 3.86. The van der Waals surface area contributed by atoms with E-state index < -0.39 is 0 Å². The Kier molecular flexibility index (Phi) is 4.99. The average molecular weight is 292 g/mol. The molecule has 0 fully saturated rings. The van der Waals surface area contributed by atoms with Gasteiger partial charge in [0.15, 0.2) is 4.34 Å². The lowest BCUT2D eigenvalue weighted by Gasteiger charge is -2.03. The number of carbonyl (C=O) groups is 1. The second kappa shape index (κ2) is 6.73. The molecule has 1 aromatic carbocycles. The van der Waals surface area contributed by atoms with E-state index in [0.717, 1.165) is 26.4 Å². The molecule has 0 spiro atoms. The van der Waals surface area contributed by atoms with Crippen LogP contribution in [0.4, 0.5) is 5.00 Å². The molecule has 0 atom stereocenters. The van der Waals surface area contributed by atoms with Crippen LogP contribution in [0.15, 0.2) is 34.7 Å². The number of carbonyl (C=O) groups excluding carboxylic acids is 1. The van der Waals surface area contributed by atoms with Gasteiger partial charge in [0.05, 0.1) is 0 Å². The van der Waals surface area contributed by atoms with E-state index in [0.29, 0.717) is 6.42 Å². The number of thioether (sulfide) groups is 1. The summed E-state index contributed by atoms with van der Waals surface area (Å²) in [6, 6.07) is 9.95. The van der Waals surface area contributed by atoms with E-state index in [-0.39, 0.29) is 5.91 Å². The maximum Gasteiger partial charge on any atom is 0.224 e. The molecule has 0 bridgehead atoms. The van der Waals surface area contributed by atoms with Crippen LogP contribution < -0.4 is 5.32 Å². The number of amides is 1. The highest BCUT2D eigenvalue weighted by atomic mass is 32.2. The first-order valence-corrected chi connectivity index (χ1v) is 8.03. The molecule has 1 amide bonds. The zero-order valence-electron chi connectivity index (χ0n) is 11.0. The molecule has 0 radical (unpaired) electrons. The van der Waals surface area contributed by atoms with Crippen LogP contribution in [-0.2, 0) is 4.79 Å². The average Bonchev–Trinajstić information content (AvgIpc) is 2.83. The number of hydrogen-bond acceptors (Lipinski definition) is 4. The van der Waals surface area contributed by atoms with E-state index in [1.165, 1.54) is 0 Å². The summed E-state index contributed by atoms with van der Waals surface area (Å²) in [4.78, 5) is 16.2. The molecule has 0 saturated carbocycles. The molecule has 5 heteroatoms. The summed E-state index contributed by atoms with van der Waals surface area (Å²) in [6.07, 6.45) is 0.475. The topological polar surface area (TPSA) is 42.0 Å². The van der Waals surface area contributed by atoms with Crippen molar-refractivity contribution in [3.63, 3.8) is 0 Å². The normalized spacial score (nSPS) is 10.4. The third-order valence-corrected chi connectivity index (χ3v) is 4.49. The van der Waals surface area contributed by atoms with E-state index >= 15 is 0 Å². The van der Waals surface area contributed by atoms with Gasteiger partial charge in [-0.15, -0.1) is 0 Å². The van der Waals surface area contributed by atoms with Crippen molar-refractivity contribution >= 4 is 34.0 Å². The Morgan fingerprint density at radius 2 is 2.05 bits per heavy atom. The summed E-state index contributed by atoms with van der Waals surface area (Å²) in [5, 5.41) is 3.78.